The number of aliphatic hydroxyl groups excluding tert-OH is 2. The SMILES string of the molecule is CCCCCCC/C=C\C/C=C\C/C=C\CCCCCCCCCCCCCCC(=O)NC(CO)C(O)/C=C/CC/C=C/CCCCCCCCCCCCCCCCC. The molecule has 0 bridgehead atoms. The lowest BCUT2D eigenvalue weighted by molar-refractivity contribution is -0.123. The van der Waals surface area contributed by atoms with E-state index in [1.54, 1.807) is 6.08 Å². The van der Waals surface area contributed by atoms with Crippen LogP contribution in [0.3, 0.4) is 0 Å². The lowest BCUT2D eigenvalue weighted by atomic mass is 10.0. The fraction of sp³-hybridized carbons (Fsp3) is 0.804. The van der Waals surface area contributed by atoms with Crippen molar-refractivity contribution >= 4 is 5.91 Å². The largest absolute Gasteiger partial charge is 0.394 e. The van der Waals surface area contributed by atoms with Crippen LogP contribution in [0.1, 0.15) is 271 Å². The predicted molar refractivity (Wildman–Crippen MR) is 267 cm³/mol. The average Bonchev–Trinajstić information content (AvgIpc) is 3.25. The van der Waals surface area contributed by atoms with Crippen LogP contribution < -0.4 is 5.32 Å². The normalized spacial score (nSPS) is 13.3. The lowest BCUT2D eigenvalue weighted by Gasteiger charge is -2.19. The summed E-state index contributed by atoms with van der Waals surface area (Å²) in [5, 5.41) is 23.1. The lowest BCUT2D eigenvalue weighted by Crippen LogP contribution is -2.45. The van der Waals surface area contributed by atoms with Crippen molar-refractivity contribution in [3.8, 4) is 0 Å². The van der Waals surface area contributed by atoms with Crippen molar-refractivity contribution in [2.45, 2.75) is 283 Å². The van der Waals surface area contributed by atoms with Crippen LogP contribution in [-0.4, -0.2) is 34.9 Å². The van der Waals surface area contributed by atoms with E-state index in [0.29, 0.717) is 6.42 Å². The highest BCUT2D eigenvalue weighted by Gasteiger charge is 2.17. The summed E-state index contributed by atoms with van der Waals surface area (Å²) in [5.74, 6) is -0.0751. The Kier molecular flexibility index (Phi) is 49.8. The number of carbonyl (C=O) groups excluding carboxylic acids is 1. The van der Waals surface area contributed by atoms with E-state index < -0.39 is 12.1 Å². The molecule has 0 aromatic heterocycles. The van der Waals surface area contributed by atoms with Gasteiger partial charge in [-0.25, -0.2) is 0 Å². The third kappa shape index (κ3) is 47.1. The highest BCUT2D eigenvalue weighted by Crippen LogP contribution is 2.16. The van der Waals surface area contributed by atoms with Gasteiger partial charge in [-0.2, -0.15) is 0 Å². The van der Waals surface area contributed by atoms with Crippen molar-refractivity contribution in [2.24, 2.45) is 0 Å². The molecule has 1 amide bonds. The van der Waals surface area contributed by atoms with Gasteiger partial charge in [-0.1, -0.05) is 254 Å². The van der Waals surface area contributed by atoms with Crippen LogP contribution in [0.15, 0.2) is 60.8 Å². The molecule has 0 fully saturated rings. The van der Waals surface area contributed by atoms with Crippen LogP contribution in [0.2, 0.25) is 0 Å². The molecule has 0 spiro atoms. The number of amides is 1. The summed E-state index contributed by atoms with van der Waals surface area (Å²) in [4.78, 5) is 12.4. The summed E-state index contributed by atoms with van der Waals surface area (Å²) >= 11 is 0. The van der Waals surface area contributed by atoms with Crippen molar-refractivity contribution in [1.82, 2.24) is 5.32 Å². The van der Waals surface area contributed by atoms with Crippen molar-refractivity contribution in [3.05, 3.63) is 60.8 Å². The zero-order valence-electron chi connectivity index (χ0n) is 40.2. The Morgan fingerprint density at radius 1 is 0.400 bits per heavy atom. The first-order valence-corrected chi connectivity index (χ1v) is 26.5. The first kappa shape index (κ1) is 58.1. The van der Waals surface area contributed by atoms with Gasteiger partial charge in [0.25, 0.3) is 0 Å². The molecule has 0 radical (unpaired) electrons. The molecule has 3 N–H and O–H groups in total. The van der Waals surface area contributed by atoms with Gasteiger partial charge in [-0.3, -0.25) is 4.79 Å². The highest BCUT2D eigenvalue weighted by atomic mass is 16.3. The summed E-state index contributed by atoms with van der Waals surface area (Å²) in [6.07, 6.45) is 72.2. The van der Waals surface area contributed by atoms with Gasteiger partial charge in [0.2, 0.25) is 5.91 Å². The van der Waals surface area contributed by atoms with Crippen molar-refractivity contribution in [3.63, 3.8) is 0 Å². The van der Waals surface area contributed by atoms with Crippen molar-refractivity contribution in [1.29, 1.82) is 0 Å². The minimum Gasteiger partial charge on any atom is -0.394 e. The second kappa shape index (κ2) is 51.4. The van der Waals surface area contributed by atoms with Gasteiger partial charge in [-0.05, 0) is 70.6 Å². The Balaban J connectivity index is 3.57. The number of carbonyl (C=O) groups is 1. The molecular weight excluding hydrogens is 735 g/mol. The average molecular weight is 838 g/mol. The smallest absolute Gasteiger partial charge is 0.220 e. The molecule has 0 heterocycles. The fourth-order valence-electron chi connectivity index (χ4n) is 7.91. The second-order valence-corrected chi connectivity index (χ2v) is 17.9. The molecular formula is C56H103NO3. The van der Waals surface area contributed by atoms with Gasteiger partial charge < -0.3 is 15.5 Å². The third-order valence-electron chi connectivity index (χ3n) is 12.0. The Bertz CT molecular complexity index is 996. The number of aliphatic hydroxyl groups is 2. The van der Waals surface area contributed by atoms with E-state index in [4.69, 9.17) is 0 Å². The highest BCUT2D eigenvalue weighted by molar-refractivity contribution is 5.76. The molecule has 0 rings (SSSR count). The number of unbranched alkanes of at least 4 members (excludes halogenated alkanes) is 33. The predicted octanol–water partition coefficient (Wildman–Crippen LogP) is 17.2. The van der Waals surface area contributed by atoms with E-state index in [2.05, 4.69) is 67.8 Å². The molecule has 0 aliphatic carbocycles. The minimum atomic E-state index is -0.865. The monoisotopic (exact) mass is 838 g/mol. The van der Waals surface area contributed by atoms with Gasteiger partial charge in [0, 0.05) is 6.42 Å². The number of nitrogens with one attached hydrogen (secondary N) is 1. The topological polar surface area (TPSA) is 69.6 Å². The van der Waals surface area contributed by atoms with E-state index in [9.17, 15) is 15.0 Å². The fourth-order valence-corrected chi connectivity index (χ4v) is 7.91. The maximum absolute atomic E-state index is 12.4. The summed E-state index contributed by atoms with van der Waals surface area (Å²) in [7, 11) is 0. The second-order valence-electron chi connectivity index (χ2n) is 17.9. The van der Waals surface area contributed by atoms with Gasteiger partial charge in [0.05, 0.1) is 18.8 Å². The first-order chi connectivity index (χ1) is 29.7. The van der Waals surface area contributed by atoms with E-state index in [1.807, 2.05) is 6.08 Å². The van der Waals surface area contributed by atoms with Gasteiger partial charge in [-0.15, -0.1) is 0 Å². The van der Waals surface area contributed by atoms with Crippen LogP contribution in [0.25, 0.3) is 0 Å². The summed E-state index contributed by atoms with van der Waals surface area (Å²) in [6.45, 7) is 4.30. The number of hydrogen-bond donors (Lipinski definition) is 3. The number of allylic oxidation sites excluding steroid dienone is 9. The molecule has 4 heteroatoms. The van der Waals surface area contributed by atoms with Gasteiger partial charge in [0.15, 0.2) is 0 Å². The van der Waals surface area contributed by atoms with Crippen LogP contribution in [0, 0.1) is 0 Å². The first-order valence-electron chi connectivity index (χ1n) is 26.5. The number of hydrogen-bond acceptors (Lipinski definition) is 3. The maximum Gasteiger partial charge on any atom is 0.220 e. The Morgan fingerprint density at radius 2 is 0.700 bits per heavy atom. The molecule has 2 unspecified atom stereocenters. The molecule has 0 aromatic carbocycles. The summed E-state index contributed by atoms with van der Waals surface area (Å²) < 4.78 is 0. The van der Waals surface area contributed by atoms with Crippen molar-refractivity contribution in [2.75, 3.05) is 6.61 Å². The van der Waals surface area contributed by atoms with Crippen LogP contribution in [0.5, 0.6) is 0 Å². The molecule has 0 aliphatic rings. The van der Waals surface area contributed by atoms with Crippen molar-refractivity contribution < 1.29 is 15.0 Å². The molecule has 2 atom stereocenters. The quantitative estimate of drug-likeness (QED) is 0.0422. The van der Waals surface area contributed by atoms with E-state index in [-0.39, 0.29) is 12.5 Å². The van der Waals surface area contributed by atoms with E-state index in [1.165, 1.54) is 205 Å². The zero-order valence-corrected chi connectivity index (χ0v) is 40.2. The number of rotatable bonds is 48. The maximum atomic E-state index is 12.4. The zero-order chi connectivity index (χ0) is 43.5. The van der Waals surface area contributed by atoms with E-state index >= 15 is 0 Å². The molecule has 0 saturated carbocycles. The Hall–Kier alpha value is -1.91. The van der Waals surface area contributed by atoms with Crippen LogP contribution in [0.4, 0.5) is 0 Å². The standard InChI is InChI=1S/C56H103NO3/c1-3-5-7-9-11-13-15-17-19-21-23-25-26-27-28-29-30-32-34-36-38-40-42-44-46-48-50-52-56(60)57-54(53-58)55(59)51-49-47-45-43-41-39-37-35-33-31-24-22-20-18-16-14-12-10-8-6-4-2/h15,17,21,23,26-27,41,43,49,51,54-55,58-59H,3-14,16,18-20,22,24-25,28-40,42,44-48,50,52-53H2,1-2H3,(H,57,60)/b17-15-,23-21-,27-26-,43-41+,51-49+. The molecule has 0 aliphatic heterocycles. The summed E-state index contributed by atoms with van der Waals surface area (Å²) in [6, 6.07) is -0.643. The van der Waals surface area contributed by atoms with Gasteiger partial charge >= 0.3 is 0 Å². The minimum absolute atomic E-state index is 0.0751. The molecule has 350 valence electrons. The Morgan fingerprint density at radius 3 is 1.08 bits per heavy atom. The van der Waals surface area contributed by atoms with Crippen LogP contribution in [-0.2, 0) is 4.79 Å². The van der Waals surface area contributed by atoms with Gasteiger partial charge in [0.1, 0.15) is 0 Å². The van der Waals surface area contributed by atoms with E-state index in [0.717, 1.165) is 44.9 Å². The summed E-state index contributed by atoms with van der Waals surface area (Å²) in [5.41, 5.74) is 0. The van der Waals surface area contributed by atoms with Crippen LogP contribution >= 0.6 is 0 Å². The molecule has 0 aromatic rings. The molecule has 0 saturated heterocycles. The Labute approximate surface area is 375 Å². The molecule has 4 nitrogen and oxygen atoms in total. The third-order valence-corrected chi connectivity index (χ3v) is 12.0. The molecule has 60 heavy (non-hydrogen) atoms.